The molecule has 4 aromatic rings. The zero-order valence-corrected chi connectivity index (χ0v) is 21.2. The number of nitrogens with zero attached hydrogens (tertiary/aromatic N) is 4. The fraction of sp³-hybridized carbons (Fsp3) is 0.333. The van der Waals surface area contributed by atoms with Gasteiger partial charge in [0.1, 0.15) is 30.0 Å². The van der Waals surface area contributed by atoms with Gasteiger partial charge in [0.15, 0.2) is 17.5 Å². The van der Waals surface area contributed by atoms with E-state index in [2.05, 4.69) is 15.3 Å². The average molecular weight is 572 g/mol. The molecule has 1 amide bonds. The molecular formula is C27H24F3N5O6. The number of carbonyl (C=O) groups excluding carboxylic acids is 1. The molecular weight excluding hydrogens is 547 g/mol. The van der Waals surface area contributed by atoms with Crippen LogP contribution in [0.2, 0.25) is 0 Å². The molecule has 0 saturated carbocycles. The molecule has 2 aromatic carbocycles. The highest BCUT2D eigenvalue weighted by atomic mass is 19.2. The van der Waals surface area contributed by atoms with Gasteiger partial charge in [0.25, 0.3) is 0 Å². The molecule has 6 rings (SSSR count). The Balaban J connectivity index is 1.45. The molecule has 41 heavy (non-hydrogen) atoms. The molecule has 0 unspecified atom stereocenters. The quantitative estimate of drug-likeness (QED) is 0.260. The summed E-state index contributed by atoms with van der Waals surface area (Å²) in [6.45, 7) is -0.579. The highest BCUT2D eigenvalue weighted by molar-refractivity contribution is 6.07. The molecule has 214 valence electrons. The number of aliphatic hydroxyl groups excluding tert-OH is 3. The maximum absolute atomic E-state index is 13.9. The fourth-order valence-corrected chi connectivity index (χ4v) is 5.83. The zero-order chi connectivity index (χ0) is 29.1. The summed E-state index contributed by atoms with van der Waals surface area (Å²) in [5.74, 6) is -7.86. The number of ether oxygens (including phenoxy) is 2. The summed E-state index contributed by atoms with van der Waals surface area (Å²) in [4.78, 5) is 16.8. The van der Waals surface area contributed by atoms with Gasteiger partial charge in [0, 0.05) is 22.7 Å². The normalized spacial score (nSPS) is 28.0. The minimum Gasteiger partial charge on any atom is -0.394 e. The van der Waals surface area contributed by atoms with Gasteiger partial charge < -0.3 is 30.5 Å². The summed E-state index contributed by atoms with van der Waals surface area (Å²) in [6.07, 6.45) is -1.44. The second kappa shape index (κ2) is 10.2. The van der Waals surface area contributed by atoms with E-state index < -0.39 is 66.0 Å². The third kappa shape index (κ3) is 4.26. The number of halogens is 3. The maximum atomic E-state index is 13.9. The summed E-state index contributed by atoms with van der Waals surface area (Å²) in [6, 6.07) is 6.84. The molecule has 2 aliphatic rings. The number of benzene rings is 2. The van der Waals surface area contributed by atoms with Crippen molar-refractivity contribution in [2.45, 2.75) is 42.5 Å². The second-order valence-electron chi connectivity index (χ2n) is 9.98. The molecule has 0 bridgehead atoms. The number of amides is 1. The first-order valence-corrected chi connectivity index (χ1v) is 12.7. The predicted molar refractivity (Wildman–Crippen MR) is 135 cm³/mol. The highest BCUT2D eigenvalue weighted by Crippen LogP contribution is 2.51. The Hall–Kier alpha value is -3.95. The minimum absolute atomic E-state index is 0.0750. The summed E-state index contributed by atoms with van der Waals surface area (Å²) in [7, 11) is 0. The van der Waals surface area contributed by atoms with Crippen LogP contribution in [0.15, 0.2) is 48.8 Å². The number of pyridine rings is 1. The minimum atomic E-state index is -1.87. The van der Waals surface area contributed by atoms with E-state index in [1.165, 1.54) is 12.4 Å². The van der Waals surface area contributed by atoms with Crippen LogP contribution in [0, 0.1) is 17.5 Å². The van der Waals surface area contributed by atoms with Crippen LogP contribution >= 0.6 is 0 Å². The maximum Gasteiger partial charge on any atom is 0.249 e. The van der Waals surface area contributed by atoms with Crippen LogP contribution in [0.4, 0.5) is 13.2 Å². The van der Waals surface area contributed by atoms with Gasteiger partial charge >= 0.3 is 0 Å². The molecule has 0 radical (unpaired) electrons. The Morgan fingerprint density at radius 3 is 2.63 bits per heavy atom. The van der Waals surface area contributed by atoms with Crippen LogP contribution in [-0.4, -0.2) is 78.5 Å². The number of nitrogens with two attached hydrogens (primary N) is 1. The van der Waals surface area contributed by atoms with Gasteiger partial charge in [0.05, 0.1) is 31.0 Å². The van der Waals surface area contributed by atoms with E-state index in [0.29, 0.717) is 16.5 Å². The number of carbonyl (C=O) groups is 1. The van der Waals surface area contributed by atoms with Gasteiger partial charge in [0.2, 0.25) is 11.7 Å². The number of aromatic nitrogens is 4. The summed E-state index contributed by atoms with van der Waals surface area (Å²) in [5.41, 5.74) is 6.00. The Morgan fingerprint density at radius 1 is 1.17 bits per heavy atom. The van der Waals surface area contributed by atoms with E-state index in [1.54, 1.807) is 24.3 Å². The summed E-state index contributed by atoms with van der Waals surface area (Å²) in [5, 5.41) is 41.9. The smallest absolute Gasteiger partial charge is 0.249 e. The molecule has 2 saturated heterocycles. The van der Waals surface area contributed by atoms with Crippen molar-refractivity contribution in [1.82, 2.24) is 20.0 Å². The van der Waals surface area contributed by atoms with Gasteiger partial charge in [-0.2, -0.15) is 0 Å². The standard InChI is InChI=1S/C27H24F3N5O6/c28-16-8-13(9-17(29)21(16)30)18-10-35(34-33-18)23-24(37)19(11-36)41-27(25(23)38)15(5-7-40-27)22-20-12(4-6-32-22)2-1-3-14(20)26(31)39/h1-4,6,8-10,15,19,23-25,36-38H,5,7,11H2,(H2,31,39)/t15-,19-,23+,24+,25-,27+/m1/s1. The lowest BCUT2D eigenvalue weighted by Gasteiger charge is -2.49. The number of hydrogen-bond acceptors (Lipinski definition) is 9. The molecule has 4 heterocycles. The van der Waals surface area contributed by atoms with Crippen molar-refractivity contribution in [3.63, 3.8) is 0 Å². The molecule has 2 aliphatic heterocycles. The largest absolute Gasteiger partial charge is 0.394 e. The lowest BCUT2D eigenvalue weighted by Crippen LogP contribution is -2.64. The van der Waals surface area contributed by atoms with Crippen LogP contribution < -0.4 is 5.73 Å². The Morgan fingerprint density at radius 2 is 1.93 bits per heavy atom. The molecule has 11 nitrogen and oxygen atoms in total. The molecule has 2 aromatic heterocycles. The van der Waals surface area contributed by atoms with E-state index in [-0.39, 0.29) is 29.8 Å². The number of hydrogen-bond donors (Lipinski definition) is 4. The van der Waals surface area contributed by atoms with Gasteiger partial charge in [-0.05, 0) is 36.1 Å². The van der Waals surface area contributed by atoms with Crippen molar-refractivity contribution in [2.24, 2.45) is 5.73 Å². The van der Waals surface area contributed by atoms with E-state index in [0.717, 1.165) is 16.8 Å². The number of rotatable bonds is 5. The van der Waals surface area contributed by atoms with E-state index >= 15 is 0 Å². The topological polar surface area (TPSA) is 166 Å². The average Bonchev–Trinajstić information content (AvgIpc) is 3.61. The number of aliphatic hydroxyl groups is 3. The third-order valence-electron chi connectivity index (χ3n) is 7.71. The van der Waals surface area contributed by atoms with E-state index in [9.17, 15) is 33.3 Å². The lowest BCUT2D eigenvalue weighted by atomic mass is 9.80. The molecule has 14 heteroatoms. The van der Waals surface area contributed by atoms with Crippen LogP contribution in [0.1, 0.15) is 34.4 Å². The Kier molecular flexibility index (Phi) is 6.74. The molecule has 5 N–H and O–H groups in total. The third-order valence-corrected chi connectivity index (χ3v) is 7.71. The van der Waals surface area contributed by atoms with Gasteiger partial charge in [-0.25, -0.2) is 17.9 Å². The monoisotopic (exact) mass is 571 g/mol. The molecule has 2 fully saturated rings. The first kappa shape index (κ1) is 27.2. The second-order valence-corrected chi connectivity index (χ2v) is 9.98. The zero-order valence-electron chi connectivity index (χ0n) is 21.2. The van der Waals surface area contributed by atoms with Crippen molar-refractivity contribution >= 4 is 16.7 Å². The van der Waals surface area contributed by atoms with Gasteiger partial charge in [-0.3, -0.25) is 9.78 Å². The first-order chi connectivity index (χ1) is 19.7. The van der Waals surface area contributed by atoms with Crippen molar-refractivity contribution in [3.8, 4) is 11.3 Å². The van der Waals surface area contributed by atoms with E-state index in [1.807, 2.05) is 0 Å². The van der Waals surface area contributed by atoms with Crippen molar-refractivity contribution in [3.05, 3.63) is 77.5 Å². The van der Waals surface area contributed by atoms with Crippen molar-refractivity contribution in [1.29, 1.82) is 0 Å². The van der Waals surface area contributed by atoms with Gasteiger partial charge in [-0.1, -0.05) is 17.3 Å². The van der Waals surface area contributed by atoms with Crippen LogP contribution in [-0.2, 0) is 9.47 Å². The SMILES string of the molecule is NC(=O)c1cccc2ccnc([C@H]3CCO[C@]34O[C@H](CO)[C@H](O)[C@H](n3cc(-c5cc(F)c(F)c(F)c5)nn3)[C@H]4O)c12. The number of fused-ring (bicyclic) bond motifs is 1. The lowest BCUT2D eigenvalue weighted by molar-refractivity contribution is -0.344. The summed E-state index contributed by atoms with van der Waals surface area (Å²) >= 11 is 0. The van der Waals surface area contributed by atoms with Crippen LogP contribution in [0.3, 0.4) is 0 Å². The molecule has 1 spiro atoms. The molecule has 0 aliphatic carbocycles. The Bertz CT molecular complexity index is 1620. The Labute approximate surface area is 229 Å². The number of primary amides is 1. The van der Waals surface area contributed by atoms with E-state index in [4.69, 9.17) is 15.2 Å². The van der Waals surface area contributed by atoms with Crippen LogP contribution in [0.5, 0.6) is 0 Å². The van der Waals surface area contributed by atoms with Gasteiger partial charge in [-0.15, -0.1) is 5.10 Å². The van der Waals surface area contributed by atoms with Crippen molar-refractivity contribution in [2.75, 3.05) is 13.2 Å². The first-order valence-electron chi connectivity index (χ1n) is 12.7. The molecule has 6 atom stereocenters. The highest BCUT2D eigenvalue weighted by Gasteiger charge is 2.62. The van der Waals surface area contributed by atoms with Crippen molar-refractivity contribution < 1.29 is 42.8 Å². The predicted octanol–water partition coefficient (Wildman–Crippen LogP) is 1.56. The summed E-state index contributed by atoms with van der Waals surface area (Å²) < 4.78 is 54.4. The van der Waals surface area contributed by atoms with Crippen LogP contribution in [0.25, 0.3) is 22.0 Å². The fourth-order valence-electron chi connectivity index (χ4n) is 5.83.